The lowest BCUT2D eigenvalue weighted by molar-refractivity contribution is -0.154. The zero-order chi connectivity index (χ0) is 12.6. The van der Waals surface area contributed by atoms with Crippen molar-refractivity contribution in [2.75, 3.05) is 13.2 Å². The summed E-state index contributed by atoms with van der Waals surface area (Å²) in [5, 5.41) is 8.65. The summed E-state index contributed by atoms with van der Waals surface area (Å²) >= 11 is 0. The molecule has 0 heterocycles. The average molecular weight is 232 g/mol. The maximum absolute atomic E-state index is 11.6. The highest BCUT2D eigenvalue weighted by atomic mass is 16.5. The zero-order valence-electron chi connectivity index (χ0n) is 9.57. The van der Waals surface area contributed by atoms with Gasteiger partial charge in [-0.1, -0.05) is 13.3 Å². The molecule has 1 unspecified atom stereocenters. The molecule has 0 aromatic heterocycles. The van der Waals surface area contributed by atoms with Crippen molar-refractivity contribution < 1.29 is 19.4 Å². The first-order chi connectivity index (χ1) is 7.49. The highest BCUT2D eigenvalue weighted by Gasteiger charge is 2.41. The van der Waals surface area contributed by atoms with Gasteiger partial charge < -0.3 is 21.3 Å². The number of nitrogens with two attached hydrogens (primary N) is 2. The molecule has 1 amide bonds. The molecule has 0 aliphatic carbocycles. The molecule has 0 spiro atoms. The van der Waals surface area contributed by atoms with Crippen LogP contribution in [0.2, 0.25) is 0 Å². The summed E-state index contributed by atoms with van der Waals surface area (Å²) < 4.78 is 4.86. The highest BCUT2D eigenvalue weighted by molar-refractivity contribution is 6.06. The molecule has 0 saturated carbocycles. The van der Waals surface area contributed by atoms with E-state index in [2.05, 4.69) is 0 Å². The first-order valence-corrected chi connectivity index (χ1v) is 5.36. The molecule has 0 aromatic rings. The number of aliphatic hydroxyl groups excluding tert-OH is 1. The van der Waals surface area contributed by atoms with Gasteiger partial charge in [0.25, 0.3) is 0 Å². The third kappa shape index (κ3) is 4.16. The number of esters is 1. The molecule has 0 radical (unpaired) electrons. The van der Waals surface area contributed by atoms with Gasteiger partial charge in [0.2, 0.25) is 5.91 Å². The van der Waals surface area contributed by atoms with Gasteiger partial charge in [-0.2, -0.15) is 0 Å². The predicted octanol–water partition coefficient (Wildman–Crippen LogP) is -0.715. The zero-order valence-corrected chi connectivity index (χ0v) is 9.57. The lowest BCUT2D eigenvalue weighted by Gasteiger charge is -2.23. The number of unbranched alkanes of at least 4 members (excludes halogenated alkanes) is 1. The molecule has 0 aromatic carbocycles. The first-order valence-electron chi connectivity index (χ1n) is 5.36. The monoisotopic (exact) mass is 232 g/mol. The Kier molecular flexibility index (Phi) is 6.67. The van der Waals surface area contributed by atoms with Gasteiger partial charge in [0, 0.05) is 6.61 Å². The molecule has 0 rings (SSSR count). The van der Waals surface area contributed by atoms with Crippen LogP contribution in [0.25, 0.3) is 0 Å². The summed E-state index contributed by atoms with van der Waals surface area (Å²) in [7, 11) is 0. The second-order valence-electron chi connectivity index (χ2n) is 3.65. The fraction of sp³-hybridized carbons (Fsp3) is 0.800. The van der Waals surface area contributed by atoms with Crippen LogP contribution in [0.4, 0.5) is 0 Å². The second-order valence-corrected chi connectivity index (χ2v) is 3.65. The normalized spacial score (nSPS) is 14.2. The van der Waals surface area contributed by atoms with E-state index in [-0.39, 0.29) is 26.1 Å². The fourth-order valence-electron chi connectivity index (χ4n) is 1.12. The third-order valence-corrected chi connectivity index (χ3v) is 2.26. The summed E-state index contributed by atoms with van der Waals surface area (Å²) in [4.78, 5) is 22.7. The van der Waals surface area contributed by atoms with Crippen molar-refractivity contribution in [2.45, 2.75) is 38.1 Å². The molecular formula is C10H20N2O4. The highest BCUT2D eigenvalue weighted by Crippen LogP contribution is 2.12. The summed E-state index contributed by atoms with van der Waals surface area (Å²) in [6.07, 6.45) is 1.80. The number of aliphatic hydroxyl groups is 1. The van der Waals surface area contributed by atoms with Crippen molar-refractivity contribution >= 4 is 11.9 Å². The summed E-state index contributed by atoms with van der Waals surface area (Å²) in [6.45, 7) is 2.01. The standard InChI is InChI=1S/C10H20N2O4/c1-2-3-7-16-9(15)10(12,8(11)14)5-4-6-13/h13H,2-7,12H2,1H3,(H2,11,14). The predicted molar refractivity (Wildman–Crippen MR) is 58.3 cm³/mol. The smallest absolute Gasteiger partial charge is 0.335 e. The number of ether oxygens (including phenoxy) is 1. The van der Waals surface area contributed by atoms with Gasteiger partial charge >= 0.3 is 5.97 Å². The van der Waals surface area contributed by atoms with Gasteiger partial charge in [0.05, 0.1) is 6.61 Å². The van der Waals surface area contributed by atoms with Crippen LogP contribution in [0.5, 0.6) is 0 Å². The SMILES string of the molecule is CCCCOC(=O)C(N)(CCCO)C(N)=O. The van der Waals surface area contributed by atoms with E-state index in [1.807, 2.05) is 6.92 Å². The van der Waals surface area contributed by atoms with E-state index in [1.165, 1.54) is 0 Å². The number of primary amides is 1. The van der Waals surface area contributed by atoms with Crippen molar-refractivity contribution in [3.05, 3.63) is 0 Å². The number of hydrogen-bond donors (Lipinski definition) is 3. The van der Waals surface area contributed by atoms with Crippen molar-refractivity contribution in [1.82, 2.24) is 0 Å². The van der Waals surface area contributed by atoms with Gasteiger partial charge in [-0.05, 0) is 19.3 Å². The topological polar surface area (TPSA) is 116 Å². The molecule has 0 aliphatic rings. The third-order valence-electron chi connectivity index (χ3n) is 2.26. The van der Waals surface area contributed by atoms with E-state index < -0.39 is 17.4 Å². The molecule has 6 heteroatoms. The second kappa shape index (κ2) is 7.19. The number of carbonyl (C=O) groups excluding carboxylic acids is 2. The quantitative estimate of drug-likeness (QED) is 0.290. The van der Waals surface area contributed by atoms with Crippen LogP contribution in [-0.4, -0.2) is 35.7 Å². The summed E-state index contributed by atoms with van der Waals surface area (Å²) in [5.74, 6) is -1.75. The lowest BCUT2D eigenvalue weighted by atomic mass is 9.94. The minimum absolute atomic E-state index is 0.0101. The van der Waals surface area contributed by atoms with Gasteiger partial charge in [0.15, 0.2) is 5.54 Å². The molecule has 16 heavy (non-hydrogen) atoms. The van der Waals surface area contributed by atoms with Gasteiger partial charge in [-0.3, -0.25) is 4.79 Å². The molecule has 0 aliphatic heterocycles. The Morgan fingerprint density at radius 2 is 2.00 bits per heavy atom. The minimum atomic E-state index is -1.82. The maximum Gasteiger partial charge on any atom is 0.335 e. The molecular weight excluding hydrogens is 212 g/mol. The molecule has 6 nitrogen and oxygen atoms in total. The van der Waals surface area contributed by atoms with E-state index >= 15 is 0 Å². The number of amides is 1. The number of hydrogen-bond acceptors (Lipinski definition) is 5. The average Bonchev–Trinajstić information content (AvgIpc) is 2.25. The summed E-state index contributed by atoms with van der Waals surface area (Å²) in [6, 6.07) is 0. The van der Waals surface area contributed by atoms with Crippen molar-refractivity contribution in [2.24, 2.45) is 11.5 Å². The Balaban J connectivity index is 4.39. The Morgan fingerprint density at radius 1 is 1.38 bits per heavy atom. The molecule has 5 N–H and O–H groups in total. The number of rotatable bonds is 8. The molecule has 0 fully saturated rings. The maximum atomic E-state index is 11.6. The van der Waals surface area contributed by atoms with Crippen LogP contribution in [-0.2, 0) is 14.3 Å². The van der Waals surface area contributed by atoms with Gasteiger partial charge in [0.1, 0.15) is 0 Å². The molecule has 1 atom stereocenters. The van der Waals surface area contributed by atoms with Crippen molar-refractivity contribution in [1.29, 1.82) is 0 Å². The van der Waals surface area contributed by atoms with Crippen LogP contribution >= 0.6 is 0 Å². The fourth-order valence-corrected chi connectivity index (χ4v) is 1.12. The van der Waals surface area contributed by atoms with Crippen LogP contribution in [0, 0.1) is 0 Å². The van der Waals surface area contributed by atoms with E-state index in [4.69, 9.17) is 21.3 Å². The molecule has 94 valence electrons. The van der Waals surface area contributed by atoms with Crippen LogP contribution in [0.3, 0.4) is 0 Å². The number of carbonyl (C=O) groups is 2. The minimum Gasteiger partial charge on any atom is -0.464 e. The lowest BCUT2D eigenvalue weighted by Crippen LogP contribution is -2.59. The van der Waals surface area contributed by atoms with Crippen LogP contribution < -0.4 is 11.5 Å². The van der Waals surface area contributed by atoms with Crippen molar-refractivity contribution in [3.8, 4) is 0 Å². The van der Waals surface area contributed by atoms with Gasteiger partial charge in [-0.15, -0.1) is 0 Å². The first kappa shape index (κ1) is 14.9. The van der Waals surface area contributed by atoms with Gasteiger partial charge in [-0.25, -0.2) is 4.79 Å². The Hall–Kier alpha value is -1.14. The van der Waals surface area contributed by atoms with E-state index in [0.29, 0.717) is 6.42 Å². The van der Waals surface area contributed by atoms with E-state index in [1.54, 1.807) is 0 Å². The van der Waals surface area contributed by atoms with Crippen LogP contribution in [0.1, 0.15) is 32.6 Å². The van der Waals surface area contributed by atoms with Crippen LogP contribution in [0.15, 0.2) is 0 Å². The Bertz CT molecular complexity index is 245. The van der Waals surface area contributed by atoms with Crippen molar-refractivity contribution in [3.63, 3.8) is 0 Å². The molecule has 0 saturated heterocycles. The van der Waals surface area contributed by atoms with E-state index in [0.717, 1.165) is 6.42 Å². The Labute approximate surface area is 94.9 Å². The largest absolute Gasteiger partial charge is 0.464 e. The molecule has 0 bridgehead atoms. The summed E-state index contributed by atoms with van der Waals surface area (Å²) in [5.41, 5.74) is 8.84. The Morgan fingerprint density at radius 3 is 2.44 bits per heavy atom. The van der Waals surface area contributed by atoms with E-state index in [9.17, 15) is 9.59 Å².